The van der Waals surface area contributed by atoms with Gasteiger partial charge in [0.1, 0.15) is 11.4 Å². The maximum atomic E-state index is 12.4. The second-order valence-electron chi connectivity index (χ2n) is 6.36. The number of rotatable bonds is 7. The molecule has 2 aromatic rings. The summed E-state index contributed by atoms with van der Waals surface area (Å²) in [4.78, 5) is 12.4. The van der Waals surface area contributed by atoms with Gasteiger partial charge in [-0.15, -0.1) is 0 Å². The van der Waals surface area contributed by atoms with Crippen LogP contribution in [0, 0.1) is 12.8 Å². The zero-order valence-electron chi connectivity index (χ0n) is 14.7. The highest BCUT2D eigenvalue weighted by molar-refractivity contribution is 5.92. The number of aromatic nitrogens is 2. The number of carbonyl (C=O) groups is 1. The number of nitrogens with zero attached hydrogens (tertiary/aromatic N) is 2. The summed E-state index contributed by atoms with van der Waals surface area (Å²) >= 11 is 0. The fourth-order valence-electron chi connectivity index (χ4n) is 2.60. The van der Waals surface area contributed by atoms with Gasteiger partial charge in [-0.3, -0.25) is 4.79 Å². The number of hydrogen-bond acceptors (Lipinski definition) is 4. The van der Waals surface area contributed by atoms with Crippen molar-refractivity contribution in [3.63, 3.8) is 0 Å². The van der Waals surface area contributed by atoms with E-state index >= 15 is 0 Å². The summed E-state index contributed by atoms with van der Waals surface area (Å²) in [6.45, 7) is 6.62. The predicted octanol–water partition coefficient (Wildman–Crippen LogP) is 2.29. The molecule has 0 saturated heterocycles. The number of amides is 1. The molecular formula is C18H26N4O2. The normalized spacial score (nSPS) is 12.2. The van der Waals surface area contributed by atoms with Gasteiger partial charge in [0.25, 0.3) is 5.91 Å². The molecule has 6 heteroatoms. The first-order valence-corrected chi connectivity index (χ1v) is 8.16. The van der Waals surface area contributed by atoms with Gasteiger partial charge in [-0.25, -0.2) is 4.68 Å². The Morgan fingerprint density at radius 1 is 1.38 bits per heavy atom. The maximum Gasteiger partial charge on any atom is 0.272 e. The molecule has 1 aromatic carbocycles. The lowest BCUT2D eigenvalue weighted by Gasteiger charge is -2.18. The molecule has 0 spiro atoms. The molecule has 1 unspecified atom stereocenters. The molecule has 6 nitrogen and oxygen atoms in total. The zero-order valence-corrected chi connectivity index (χ0v) is 14.7. The Morgan fingerprint density at radius 3 is 2.75 bits per heavy atom. The third-order valence-electron chi connectivity index (χ3n) is 3.78. The van der Waals surface area contributed by atoms with Crippen molar-refractivity contribution >= 4 is 5.91 Å². The first-order chi connectivity index (χ1) is 11.4. The average Bonchev–Trinajstić information content (AvgIpc) is 3.03. The number of methoxy groups -OCH3 is 1. The van der Waals surface area contributed by atoms with E-state index in [9.17, 15) is 4.79 Å². The molecule has 24 heavy (non-hydrogen) atoms. The molecule has 1 amide bonds. The summed E-state index contributed by atoms with van der Waals surface area (Å²) in [5.74, 6) is 0.958. The molecule has 130 valence electrons. The van der Waals surface area contributed by atoms with E-state index in [0.29, 0.717) is 23.9 Å². The SMILES string of the molecule is COc1ccc(C)cc1-n1ccc(C(=O)NC(CN)CC(C)C)n1. The Bertz CT molecular complexity index is 694. The summed E-state index contributed by atoms with van der Waals surface area (Å²) in [6.07, 6.45) is 2.60. The van der Waals surface area contributed by atoms with Gasteiger partial charge >= 0.3 is 0 Å². The first-order valence-electron chi connectivity index (χ1n) is 8.16. The molecule has 0 radical (unpaired) electrons. The minimum Gasteiger partial charge on any atom is -0.494 e. The van der Waals surface area contributed by atoms with Gasteiger partial charge in [-0.05, 0) is 43.0 Å². The Kier molecular flexibility index (Phi) is 5.98. The van der Waals surface area contributed by atoms with E-state index in [1.165, 1.54) is 0 Å². The van der Waals surface area contributed by atoms with Crippen LogP contribution in [0.15, 0.2) is 30.5 Å². The van der Waals surface area contributed by atoms with Crippen molar-refractivity contribution < 1.29 is 9.53 Å². The molecule has 1 aromatic heterocycles. The molecule has 0 aliphatic heterocycles. The highest BCUT2D eigenvalue weighted by atomic mass is 16.5. The van der Waals surface area contributed by atoms with E-state index in [-0.39, 0.29) is 11.9 Å². The van der Waals surface area contributed by atoms with Crippen LogP contribution in [0.4, 0.5) is 0 Å². The van der Waals surface area contributed by atoms with E-state index < -0.39 is 0 Å². The summed E-state index contributed by atoms with van der Waals surface area (Å²) in [5.41, 5.74) is 7.99. The smallest absolute Gasteiger partial charge is 0.272 e. The highest BCUT2D eigenvalue weighted by Gasteiger charge is 2.17. The van der Waals surface area contributed by atoms with Gasteiger partial charge in [0.2, 0.25) is 0 Å². The molecule has 0 bridgehead atoms. The standard InChI is InChI=1S/C18H26N4O2/c1-12(2)9-14(11-19)20-18(23)15-7-8-22(21-15)16-10-13(3)5-6-17(16)24-4/h5-8,10,12,14H,9,11,19H2,1-4H3,(H,20,23). The molecule has 0 aliphatic carbocycles. The molecule has 3 N–H and O–H groups in total. The summed E-state index contributed by atoms with van der Waals surface area (Å²) in [7, 11) is 1.61. The molecule has 1 atom stereocenters. The van der Waals surface area contributed by atoms with Crippen molar-refractivity contribution in [1.82, 2.24) is 15.1 Å². The number of nitrogens with two attached hydrogens (primary N) is 1. The van der Waals surface area contributed by atoms with Gasteiger partial charge in [0, 0.05) is 18.8 Å². The summed E-state index contributed by atoms with van der Waals surface area (Å²) < 4.78 is 7.03. The number of aryl methyl sites for hydroxylation is 1. The van der Waals surface area contributed by atoms with Crippen LogP contribution in [0.25, 0.3) is 5.69 Å². The van der Waals surface area contributed by atoms with Gasteiger partial charge in [0.05, 0.1) is 7.11 Å². The van der Waals surface area contributed by atoms with Gasteiger partial charge in [-0.1, -0.05) is 19.9 Å². The van der Waals surface area contributed by atoms with E-state index in [1.54, 1.807) is 24.1 Å². The number of carbonyl (C=O) groups excluding carboxylic acids is 1. The van der Waals surface area contributed by atoms with Crippen molar-refractivity contribution in [2.24, 2.45) is 11.7 Å². The number of benzene rings is 1. The van der Waals surface area contributed by atoms with Gasteiger partial charge in [0.15, 0.2) is 5.69 Å². The second-order valence-corrected chi connectivity index (χ2v) is 6.36. The molecule has 0 saturated carbocycles. The van der Waals surface area contributed by atoms with Crippen LogP contribution in [0.3, 0.4) is 0 Å². The quantitative estimate of drug-likeness (QED) is 0.816. The third kappa shape index (κ3) is 4.35. The van der Waals surface area contributed by atoms with Crippen LogP contribution >= 0.6 is 0 Å². The fourth-order valence-corrected chi connectivity index (χ4v) is 2.60. The summed E-state index contributed by atoms with van der Waals surface area (Å²) in [6, 6.07) is 7.47. The van der Waals surface area contributed by atoms with E-state index in [4.69, 9.17) is 10.5 Å². The number of hydrogen-bond donors (Lipinski definition) is 2. The Morgan fingerprint density at radius 2 is 2.12 bits per heavy atom. The van der Waals surface area contributed by atoms with Crippen LogP contribution < -0.4 is 15.8 Å². The molecule has 2 rings (SSSR count). The largest absolute Gasteiger partial charge is 0.494 e. The monoisotopic (exact) mass is 330 g/mol. The lowest BCUT2D eigenvalue weighted by Crippen LogP contribution is -2.41. The lowest BCUT2D eigenvalue weighted by atomic mass is 10.0. The topological polar surface area (TPSA) is 82.2 Å². The zero-order chi connectivity index (χ0) is 17.7. The van der Waals surface area contributed by atoms with Crippen molar-refractivity contribution in [3.05, 3.63) is 41.7 Å². The number of nitrogens with one attached hydrogen (secondary N) is 1. The van der Waals surface area contributed by atoms with Gasteiger partial charge in [-0.2, -0.15) is 5.10 Å². The van der Waals surface area contributed by atoms with Crippen LogP contribution in [-0.4, -0.2) is 35.4 Å². The van der Waals surface area contributed by atoms with Gasteiger partial charge < -0.3 is 15.8 Å². The van der Waals surface area contributed by atoms with Crippen LogP contribution in [0.1, 0.15) is 36.3 Å². The van der Waals surface area contributed by atoms with E-state index in [0.717, 1.165) is 17.7 Å². The Labute approximate surface area is 143 Å². The molecule has 0 fully saturated rings. The first kappa shape index (κ1) is 18.0. The van der Waals surface area contributed by atoms with E-state index in [1.807, 2.05) is 25.1 Å². The fraction of sp³-hybridized carbons (Fsp3) is 0.444. The van der Waals surface area contributed by atoms with Crippen molar-refractivity contribution in [2.45, 2.75) is 33.2 Å². The van der Waals surface area contributed by atoms with Crippen LogP contribution in [0.2, 0.25) is 0 Å². The minimum absolute atomic E-state index is 0.0452. The predicted molar refractivity (Wildman–Crippen MR) is 94.6 cm³/mol. The Hall–Kier alpha value is -2.34. The van der Waals surface area contributed by atoms with Crippen LogP contribution in [-0.2, 0) is 0 Å². The van der Waals surface area contributed by atoms with Crippen molar-refractivity contribution in [2.75, 3.05) is 13.7 Å². The van der Waals surface area contributed by atoms with Crippen molar-refractivity contribution in [1.29, 1.82) is 0 Å². The summed E-state index contributed by atoms with van der Waals surface area (Å²) in [5, 5.41) is 7.33. The Balaban J connectivity index is 2.18. The number of ether oxygens (including phenoxy) is 1. The van der Waals surface area contributed by atoms with Crippen LogP contribution in [0.5, 0.6) is 5.75 Å². The second kappa shape index (κ2) is 7.97. The third-order valence-corrected chi connectivity index (χ3v) is 3.78. The lowest BCUT2D eigenvalue weighted by molar-refractivity contribution is 0.0928. The molecule has 0 aliphatic rings. The minimum atomic E-state index is -0.212. The highest BCUT2D eigenvalue weighted by Crippen LogP contribution is 2.23. The molecular weight excluding hydrogens is 304 g/mol. The maximum absolute atomic E-state index is 12.4. The van der Waals surface area contributed by atoms with E-state index in [2.05, 4.69) is 24.3 Å². The molecule has 1 heterocycles. The van der Waals surface area contributed by atoms with Crippen molar-refractivity contribution in [3.8, 4) is 11.4 Å². The average molecular weight is 330 g/mol.